The summed E-state index contributed by atoms with van der Waals surface area (Å²) >= 11 is 0.797. The molecule has 0 atom stereocenters. The SMILES string of the molecule is COc1ccc(/C=C2\SC(=O)N(Cc3ccc([N+](=O)[O-])cc3)C2=O)cc1O. The molecule has 1 saturated heterocycles. The summed E-state index contributed by atoms with van der Waals surface area (Å²) in [6, 6.07) is 10.3. The molecule has 2 amide bonds. The first-order valence-electron chi connectivity index (χ1n) is 7.74. The number of imide groups is 1. The van der Waals surface area contributed by atoms with Crippen molar-refractivity contribution in [2.24, 2.45) is 0 Å². The van der Waals surface area contributed by atoms with Crippen LogP contribution in [-0.2, 0) is 11.3 Å². The molecule has 1 aliphatic heterocycles. The van der Waals surface area contributed by atoms with Crippen LogP contribution < -0.4 is 4.74 Å². The number of nitrogens with zero attached hydrogens (tertiary/aromatic N) is 2. The van der Waals surface area contributed by atoms with Crippen molar-refractivity contribution in [1.29, 1.82) is 0 Å². The lowest BCUT2D eigenvalue weighted by Crippen LogP contribution is -2.27. The van der Waals surface area contributed by atoms with Crippen molar-refractivity contribution in [2.45, 2.75) is 6.54 Å². The maximum absolute atomic E-state index is 12.5. The van der Waals surface area contributed by atoms with Gasteiger partial charge in [0.25, 0.3) is 16.8 Å². The number of hydrogen-bond donors (Lipinski definition) is 1. The number of methoxy groups -OCH3 is 1. The summed E-state index contributed by atoms with van der Waals surface area (Å²) in [6.07, 6.45) is 1.51. The van der Waals surface area contributed by atoms with Crippen LogP contribution in [0.25, 0.3) is 6.08 Å². The maximum Gasteiger partial charge on any atom is 0.293 e. The van der Waals surface area contributed by atoms with E-state index in [4.69, 9.17) is 4.74 Å². The number of phenolic OH excluding ortho intramolecular Hbond substituents is 1. The van der Waals surface area contributed by atoms with E-state index in [2.05, 4.69) is 0 Å². The number of phenols is 1. The summed E-state index contributed by atoms with van der Waals surface area (Å²) in [5, 5.41) is 20.1. The van der Waals surface area contributed by atoms with Gasteiger partial charge in [-0.1, -0.05) is 18.2 Å². The first-order chi connectivity index (χ1) is 12.9. The second kappa shape index (κ2) is 7.50. The number of hydrogen-bond acceptors (Lipinski definition) is 7. The van der Waals surface area contributed by atoms with Crippen molar-refractivity contribution in [3.8, 4) is 11.5 Å². The lowest BCUT2D eigenvalue weighted by atomic mass is 10.1. The van der Waals surface area contributed by atoms with E-state index in [0.717, 1.165) is 16.7 Å². The number of amides is 2. The molecule has 27 heavy (non-hydrogen) atoms. The molecule has 1 aliphatic rings. The van der Waals surface area contributed by atoms with Crippen LogP contribution in [0.4, 0.5) is 10.5 Å². The Morgan fingerprint density at radius 1 is 1.22 bits per heavy atom. The van der Waals surface area contributed by atoms with Crippen molar-refractivity contribution in [1.82, 2.24) is 4.90 Å². The quantitative estimate of drug-likeness (QED) is 0.475. The molecular formula is C18H14N2O6S. The molecule has 138 valence electrons. The summed E-state index contributed by atoms with van der Waals surface area (Å²) in [7, 11) is 1.43. The van der Waals surface area contributed by atoms with E-state index < -0.39 is 16.1 Å². The highest BCUT2D eigenvalue weighted by molar-refractivity contribution is 8.18. The van der Waals surface area contributed by atoms with E-state index in [0.29, 0.717) is 16.9 Å². The Morgan fingerprint density at radius 2 is 1.93 bits per heavy atom. The topological polar surface area (TPSA) is 110 Å². The van der Waals surface area contributed by atoms with Gasteiger partial charge in [0.05, 0.1) is 23.5 Å². The number of aromatic hydroxyl groups is 1. The van der Waals surface area contributed by atoms with Crippen LogP contribution in [0.2, 0.25) is 0 Å². The summed E-state index contributed by atoms with van der Waals surface area (Å²) < 4.78 is 4.97. The van der Waals surface area contributed by atoms with Gasteiger partial charge in [0.1, 0.15) is 0 Å². The molecule has 0 aliphatic carbocycles. The average Bonchev–Trinajstić information content (AvgIpc) is 2.90. The average molecular weight is 386 g/mol. The van der Waals surface area contributed by atoms with Crippen LogP contribution in [0.15, 0.2) is 47.4 Å². The van der Waals surface area contributed by atoms with Gasteiger partial charge in [0, 0.05) is 12.1 Å². The highest BCUT2D eigenvalue weighted by atomic mass is 32.2. The maximum atomic E-state index is 12.5. The van der Waals surface area contributed by atoms with Crippen molar-refractivity contribution >= 4 is 34.7 Å². The van der Waals surface area contributed by atoms with Crippen LogP contribution >= 0.6 is 11.8 Å². The van der Waals surface area contributed by atoms with Crippen LogP contribution in [0.1, 0.15) is 11.1 Å². The van der Waals surface area contributed by atoms with Crippen LogP contribution in [0.3, 0.4) is 0 Å². The van der Waals surface area contributed by atoms with Gasteiger partial charge in [-0.2, -0.15) is 0 Å². The predicted molar refractivity (Wildman–Crippen MR) is 99.3 cm³/mol. The summed E-state index contributed by atoms with van der Waals surface area (Å²) in [4.78, 5) is 36.2. The molecule has 0 spiro atoms. The number of ether oxygens (including phenoxy) is 1. The van der Waals surface area contributed by atoms with E-state index in [9.17, 15) is 24.8 Å². The Balaban J connectivity index is 1.78. The Morgan fingerprint density at radius 3 is 2.52 bits per heavy atom. The van der Waals surface area contributed by atoms with E-state index in [1.165, 1.54) is 43.5 Å². The van der Waals surface area contributed by atoms with Crippen molar-refractivity contribution in [2.75, 3.05) is 7.11 Å². The first-order valence-corrected chi connectivity index (χ1v) is 8.56. The van der Waals surface area contributed by atoms with Crippen molar-refractivity contribution in [3.05, 3.63) is 68.6 Å². The number of carbonyl (C=O) groups is 2. The molecule has 8 nitrogen and oxygen atoms in total. The zero-order valence-electron chi connectivity index (χ0n) is 14.1. The highest BCUT2D eigenvalue weighted by Crippen LogP contribution is 2.35. The third kappa shape index (κ3) is 3.93. The smallest absolute Gasteiger partial charge is 0.293 e. The van der Waals surface area contributed by atoms with E-state index in [-0.39, 0.29) is 22.9 Å². The third-order valence-corrected chi connectivity index (χ3v) is 4.77. The minimum atomic E-state index is -0.517. The minimum Gasteiger partial charge on any atom is -0.504 e. The largest absolute Gasteiger partial charge is 0.504 e. The van der Waals surface area contributed by atoms with Gasteiger partial charge in [0.2, 0.25) is 0 Å². The van der Waals surface area contributed by atoms with E-state index in [1.807, 2.05) is 0 Å². The van der Waals surface area contributed by atoms with Crippen LogP contribution in [0.5, 0.6) is 11.5 Å². The molecule has 3 rings (SSSR count). The number of thioether (sulfide) groups is 1. The number of benzene rings is 2. The van der Waals surface area contributed by atoms with Gasteiger partial charge in [-0.25, -0.2) is 0 Å². The summed E-state index contributed by atoms with van der Waals surface area (Å²) in [5.74, 6) is -0.228. The van der Waals surface area contributed by atoms with Gasteiger partial charge < -0.3 is 9.84 Å². The monoisotopic (exact) mass is 386 g/mol. The molecule has 9 heteroatoms. The van der Waals surface area contributed by atoms with Gasteiger partial charge >= 0.3 is 0 Å². The van der Waals surface area contributed by atoms with E-state index >= 15 is 0 Å². The molecular weight excluding hydrogens is 372 g/mol. The normalized spacial score (nSPS) is 15.4. The van der Waals surface area contributed by atoms with Gasteiger partial charge in [0.15, 0.2) is 11.5 Å². The molecule has 2 aromatic carbocycles. The molecule has 0 aromatic heterocycles. The molecule has 1 heterocycles. The number of rotatable bonds is 5. The molecule has 0 saturated carbocycles. The van der Waals surface area contributed by atoms with Gasteiger partial charge in [-0.3, -0.25) is 24.6 Å². The lowest BCUT2D eigenvalue weighted by Gasteiger charge is -2.12. The number of nitro benzene ring substituents is 1. The fourth-order valence-corrected chi connectivity index (χ4v) is 3.33. The van der Waals surface area contributed by atoms with Gasteiger partial charge in [-0.05, 0) is 41.1 Å². The van der Waals surface area contributed by atoms with E-state index in [1.54, 1.807) is 12.1 Å². The first kappa shape index (κ1) is 18.5. The number of nitro groups is 1. The zero-order valence-corrected chi connectivity index (χ0v) is 14.9. The molecule has 0 unspecified atom stereocenters. The highest BCUT2D eigenvalue weighted by Gasteiger charge is 2.35. The molecule has 0 bridgehead atoms. The fraction of sp³-hybridized carbons (Fsp3) is 0.111. The Kier molecular flexibility index (Phi) is 5.13. The van der Waals surface area contributed by atoms with Crippen molar-refractivity contribution < 1.29 is 24.4 Å². The Labute approximate surface area is 158 Å². The lowest BCUT2D eigenvalue weighted by molar-refractivity contribution is -0.384. The number of carbonyl (C=O) groups excluding carboxylic acids is 2. The second-order valence-corrected chi connectivity index (χ2v) is 6.62. The standard InChI is InChI=1S/C18H14N2O6S/c1-26-15-7-4-12(8-14(15)21)9-16-17(22)19(18(23)27-16)10-11-2-5-13(6-3-11)20(24)25/h2-9,21H,10H2,1H3/b16-9-. The number of non-ortho nitro benzene ring substituents is 1. The minimum absolute atomic E-state index is 0.0217. The predicted octanol–water partition coefficient (Wildman–Crippen LogP) is 3.55. The fourth-order valence-electron chi connectivity index (χ4n) is 2.49. The molecule has 1 N–H and O–H groups in total. The Bertz CT molecular complexity index is 955. The van der Waals surface area contributed by atoms with Gasteiger partial charge in [-0.15, -0.1) is 0 Å². The van der Waals surface area contributed by atoms with Crippen LogP contribution in [0, 0.1) is 10.1 Å². The molecule has 1 fully saturated rings. The second-order valence-electron chi connectivity index (χ2n) is 5.62. The molecule has 0 radical (unpaired) electrons. The van der Waals surface area contributed by atoms with Crippen LogP contribution in [-0.4, -0.2) is 33.2 Å². The van der Waals surface area contributed by atoms with Crippen molar-refractivity contribution in [3.63, 3.8) is 0 Å². The third-order valence-electron chi connectivity index (χ3n) is 3.86. The summed E-state index contributed by atoms with van der Waals surface area (Å²) in [6.45, 7) is 0.0217. The summed E-state index contributed by atoms with van der Waals surface area (Å²) in [5.41, 5.74) is 1.09. The Hall–Kier alpha value is -3.33. The zero-order chi connectivity index (χ0) is 19.6. The molecule has 2 aromatic rings.